The number of Topliss-reactive ketones (excluding diaryl/α,β-unsaturated/α-hetero) is 1. The second-order valence-corrected chi connectivity index (χ2v) is 14.6. The third kappa shape index (κ3) is 3.45. The van der Waals surface area contributed by atoms with Crippen LogP contribution >= 0.6 is 0 Å². The Balaban J connectivity index is 1.64. The van der Waals surface area contributed by atoms with E-state index in [0.29, 0.717) is 23.8 Å². The average molecular weight is 539 g/mol. The van der Waals surface area contributed by atoms with Gasteiger partial charge in [-0.3, -0.25) is 19.2 Å². The Morgan fingerprint density at radius 3 is 2.41 bits per heavy atom. The number of ether oxygens (including phenoxy) is 2. The summed E-state index contributed by atoms with van der Waals surface area (Å²) in [6.45, 7) is 14.7. The summed E-state index contributed by atoms with van der Waals surface area (Å²) in [4.78, 5) is 52.1. The van der Waals surface area contributed by atoms with E-state index in [1.54, 1.807) is 0 Å². The Kier molecular flexibility index (Phi) is 6.44. The number of esters is 2. The zero-order valence-electron chi connectivity index (χ0n) is 25.0. The van der Waals surface area contributed by atoms with Crippen molar-refractivity contribution in [3.8, 4) is 0 Å². The molecule has 0 aromatic carbocycles. The number of allylic oxidation sites excluding steroid dienone is 3. The van der Waals surface area contributed by atoms with Crippen molar-refractivity contribution in [2.45, 2.75) is 87.0 Å². The third-order valence-electron chi connectivity index (χ3n) is 13.0. The number of ketones is 1. The molecule has 0 spiro atoms. The minimum Gasteiger partial charge on any atom is -0.469 e. The fraction of sp³-hybridized carbons (Fsp3) is 0.758. The van der Waals surface area contributed by atoms with Gasteiger partial charge in [-0.1, -0.05) is 59.3 Å². The number of fused-ring (bicyclic) bond motifs is 7. The van der Waals surface area contributed by atoms with Gasteiger partial charge in [0.1, 0.15) is 18.7 Å². The molecule has 5 aliphatic carbocycles. The van der Waals surface area contributed by atoms with Crippen molar-refractivity contribution >= 4 is 24.0 Å². The van der Waals surface area contributed by atoms with E-state index in [9.17, 15) is 19.2 Å². The standard InChI is InChI=1S/C33H46O6/c1-19-11-12-33(28(37)38-8)14-13-30(5)23(26(33)20(19)2)9-10-25-31(30,6)16-24(36)27-29(4,18-39-21(3)35)15-22(17-34)32(25,27)7/h9,15,17,19-20,25-27H,10-14,16,18H2,1-8H3/t19-,20+,25+,26-,27+,29+,30-,31-,32-,33+/m1/s1. The van der Waals surface area contributed by atoms with Crippen LogP contribution in [0, 0.1) is 56.7 Å². The molecule has 3 fully saturated rings. The van der Waals surface area contributed by atoms with Crippen LogP contribution in [-0.4, -0.2) is 37.7 Å². The van der Waals surface area contributed by atoms with E-state index in [2.05, 4.69) is 40.7 Å². The first-order valence-corrected chi connectivity index (χ1v) is 14.8. The highest BCUT2D eigenvalue weighted by Crippen LogP contribution is 2.75. The molecule has 0 N–H and O–H groups in total. The van der Waals surface area contributed by atoms with Crippen LogP contribution in [0.25, 0.3) is 0 Å². The van der Waals surface area contributed by atoms with Crippen molar-refractivity contribution in [2.24, 2.45) is 56.7 Å². The molecule has 0 aromatic heterocycles. The fourth-order valence-electron chi connectivity index (χ4n) is 10.7. The minimum absolute atomic E-state index is 0.0685. The average Bonchev–Trinajstić information content (AvgIpc) is 3.12. The van der Waals surface area contributed by atoms with E-state index in [1.807, 2.05) is 13.0 Å². The van der Waals surface area contributed by atoms with Gasteiger partial charge < -0.3 is 9.47 Å². The largest absolute Gasteiger partial charge is 0.469 e. The zero-order valence-corrected chi connectivity index (χ0v) is 25.0. The van der Waals surface area contributed by atoms with Gasteiger partial charge in [0.15, 0.2) is 0 Å². The van der Waals surface area contributed by atoms with Gasteiger partial charge in [-0.15, -0.1) is 0 Å². The summed E-state index contributed by atoms with van der Waals surface area (Å²) in [6.07, 6.45) is 9.86. The second-order valence-electron chi connectivity index (χ2n) is 14.6. The first kappa shape index (κ1) is 28.3. The summed E-state index contributed by atoms with van der Waals surface area (Å²) in [5.41, 5.74) is -0.555. The lowest BCUT2D eigenvalue weighted by atomic mass is 9.35. The van der Waals surface area contributed by atoms with E-state index in [-0.39, 0.29) is 47.0 Å². The molecule has 0 bridgehead atoms. The molecule has 0 saturated heterocycles. The van der Waals surface area contributed by atoms with Gasteiger partial charge in [-0.2, -0.15) is 0 Å². The van der Waals surface area contributed by atoms with Gasteiger partial charge in [0.25, 0.3) is 0 Å². The van der Waals surface area contributed by atoms with Gasteiger partial charge in [0.2, 0.25) is 0 Å². The van der Waals surface area contributed by atoms with Crippen molar-refractivity contribution in [2.75, 3.05) is 13.7 Å². The lowest BCUT2D eigenvalue weighted by molar-refractivity contribution is -0.181. The summed E-state index contributed by atoms with van der Waals surface area (Å²) in [5, 5.41) is 0. The predicted molar refractivity (Wildman–Crippen MR) is 147 cm³/mol. The summed E-state index contributed by atoms with van der Waals surface area (Å²) in [6, 6.07) is 0. The van der Waals surface area contributed by atoms with E-state index >= 15 is 0 Å². The number of carbonyl (C=O) groups excluding carboxylic acids is 4. The molecule has 3 saturated carbocycles. The minimum atomic E-state index is -0.722. The van der Waals surface area contributed by atoms with Gasteiger partial charge >= 0.3 is 11.9 Å². The van der Waals surface area contributed by atoms with Crippen molar-refractivity contribution in [1.29, 1.82) is 0 Å². The molecule has 6 heteroatoms. The molecule has 0 aromatic rings. The molecular formula is C33H46O6. The maximum Gasteiger partial charge on any atom is 0.312 e. The zero-order chi connectivity index (χ0) is 28.8. The smallest absolute Gasteiger partial charge is 0.312 e. The number of methoxy groups -OCH3 is 1. The van der Waals surface area contributed by atoms with Crippen molar-refractivity contribution in [3.63, 3.8) is 0 Å². The molecule has 0 amide bonds. The molecule has 0 aliphatic heterocycles. The monoisotopic (exact) mass is 538 g/mol. The highest BCUT2D eigenvalue weighted by atomic mass is 16.5. The molecule has 5 aliphatic rings. The Morgan fingerprint density at radius 1 is 1.10 bits per heavy atom. The van der Waals surface area contributed by atoms with Crippen molar-refractivity contribution < 1.29 is 28.7 Å². The van der Waals surface area contributed by atoms with Gasteiger partial charge in [-0.25, -0.2) is 0 Å². The second kappa shape index (κ2) is 8.88. The lowest BCUT2D eigenvalue weighted by Gasteiger charge is -2.68. The molecule has 0 heterocycles. The van der Waals surface area contributed by atoms with Gasteiger partial charge in [0.05, 0.1) is 12.5 Å². The third-order valence-corrected chi connectivity index (χ3v) is 13.0. The maximum absolute atomic E-state index is 14.3. The van der Waals surface area contributed by atoms with Crippen LogP contribution in [0.3, 0.4) is 0 Å². The molecule has 6 nitrogen and oxygen atoms in total. The maximum atomic E-state index is 14.3. The van der Waals surface area contributed by atoms with Crippen LogP contribution in [0.5, 0.6) is 0 Å². The SMILES string of the molecule is COC(=O)[C@]12CC[C@@H](C)[C@H](C)[C@@H]1C1=CC[C@@H]3[C@@]4(C)C(C=O)=C[C@@](C)(COC(C)=O)[C@@H]4C(=O)C[C@@]3(C)[C@]1(C)CC2. The predicted octanol–water partition coefficient (Wildman–Crippen LogP) is 5.88. The summed E-state index contributed by atoms with van der Waals surface area (Å²) in [5.74, 6) is 0.237. The van der Waals surface area contributed by atoms with Crippen LogP contribution in [0.15, 0.2) is 23.3 Å². The van der Waals surface area contributed by atoms with E-state index in [1.165, 1.54) is 19.6 Å². The lowest BCUT2D eigenvalue weighted by Crippen LogP contribution is -2.65. The Bertz CT molecular complexity index is 1180. The number of carbonyl (C=O) groups is 4. The van der Waals surface area contributed by atoms with Gasteiger partial charge in [0, 0.05) is 30.1 Å². The molecule has 39 heavy (non-hydrogen) atoms. The number of hydrogen-bond acceptors (Lipinski definition) is 6. The molecule has 0 radical (unpaired) electrons. The number of aldehydes is 1. The van der Waals surface area contributed by atoms with Crippen LogP contribution in [0.2, 0.25) is 0 Å². The number of hydrogen-bond donors (Lipinski definition) is 0. The Morgan fingerprint density at radius 2 is 1.79 bits per heavy atom. The quantitative estimate of drug-likeness (QED) is 0.252. The highest BCUT2D eigenvalue weighted by Gasteiger charge is 2.72. The van der Waals surface area contributed by atoms with E-state index < -0.39 is 22.2 Å². The summed E-state index contributed by atoms with van der Waals surface area (Å²) < 4.78 is 10.9. The fourth-order valence-corrected chi connectivity index (χ4v) is 10.7. The Hall–Kier alpha value is -2.24. The van der Waals surface area contributed by atoms with Crippen LogP contribution < -0.4 is 0 Å². The molecule has 10 atom stereocenters. The van der Waals surface area contributed by atoms with Crippen molar-refractivity contribution in [3.05, 3.63) is 23.3 Å². The first-order valence-electron chi connectivity index (χ1n) is 14.8. The van der Waals surface area contributed by atoms with Crippen LogP contribution in [0.4, 0.5) is 0 Å². The summed E-state index contributed by atoms with van der Waals surface area (Å²) in [7, 11) is 1.51. The van der Waals surface area contributed by atoms with E-state index in [4.69, 9.17) is 9.47 Å². The first-order chi connectivity index (χ1) is 18.2. The molecular weight excluding hydrogens is 492 g/mol. The van der Waals surface area contributed by atoms with Crippen LogP contribution in [0.1, 0.15) is 87.0 Å². The van der Waals surface area contributed by atoms with Gasteiger partial charge in [-0.05, 0) is 72.2 Å². The highest BCUT2D eigenvalue weighted by molar-refractivity contribution is 5.91. The van der Waals surface area contributed by atoms with Crippen molar-refractivity contribution in [1.82, 2.24) is 0 Å². The summed E-state index contributed by atoms with van der Waals surface area (Å²) >= 11 is 0. The molecule has 0 unspecified atom stereocenters. The normalized spacial score (nSPS) is 48.4. The molecule has 214 valence electrons. The number of rotatable bonds is 4. The molecule has 5 rings (SSSR count). The Labute approximate surface area is 233 Å². The topological polar surface area (TPSA) is 86.7 Å². The van der Waals surface area contributed by atoms with Crippen LogP contribution in [-0.2, 0) is 28.7 Å². The van der Waals surface area contributed by atoms with E-state index in [0.717, 1.165) is 38.4 Å².